The van der Waals surface area contributed by atoms with Gasteiger partial charge >= 0.3 is 11.9 Å². The van der Waals surface area contributed by atoms with E-state index in [9.17, 15) is 18.8 Å². The van der Waals surface area contributed by atoms with Gasteiger partial charge < -0.3 is 18.9 Å². The zero-order valence-electron chi connectivity index (χ0n) is 27.6. The predicted octanol–water partition coefficient (Wildman–Crippen LogP) is 5.84. The highest BCUT2D eigenvalue weighted by atomic mass is 32.1. The van der Waals surface area contributed by atoms with Crippen LogP contribution in [0, 0.1) is 5.82 Å². The number of methoxy groups -OCH3 is 1. The zero-order valence-corrected chi connectivity index (χ0v) is 28.4. The van der Waals surface area contributed by atoms with Crippen molar-refractivity contribution >= 4 is 35.0 Å². The second-order valence-corrected chi connectivity index (χ2v) is 12.1. The molecule has 0 spiro atoms. The number of nitrogens with zero attached hydrogens (tertiary/aromatic N) is 2. The molecule has 0 saturated carbocycles. The summed E-state index contributed by atoms with van der Waals surface area (Å²) in [5.74, 6) is -0.502. The Morgan fingerprint density at radius 3 is 2.26 bits per heavy atom. The molecule has 0 amide bonds. The number of benzene rings is 4. The van der Waals surface area contributed by atoms with Crippen molar-refractivity contribution in [1.29, 1.82) is 0 Å². The number of esters is 2. The van der Waals surface area contributed by atoms with E-state index in [-0.39, 0.29) is 30.3 Å². The summed E-state index contributed by atoms with van der Waals surface area (Å²) in [5, 5.41) is 0. The summed E-state index contributed by atoms with van der Waals surface area (Å²) in [4.78, 5) is 44.9. The number of thiazole rings is 1. The number of halogens is 1. The van der Waals surface area contributed by atoms with Crippen LogP contribution in [0.4, 0.5) is 4.39 Å². The molecule has 0 aliphatic carbocycles. The van der Waals surface area contributed by atoms with E-state index in [1.165, 1.54) is 35.1 Å². The molecule has 0 radical (unpaired) electrons. The van der Waals surface area contributed by atoms with Gasteiger partial charge in [-0.3, -0.25) is 9.36 Å². The lowest BCUT2D eigenvalue weighted by molar-refractivity contribution is -0.138. The number of carbonyl (C=O) groups is 2. The first-order chi connectivity index (χ1) is 24.3. The normalized spacial score (nSPS) is 14.1. The first-order valence-electron chi connectivity index (χ1n) is 15.9. The topological polar surface area (TPSA) is 105 Å². The quantitative estimate of drug-likeness (QED) is 0.160. The maximum absolute atomic E-state index is 14.2. The van der Waals surface area contributed by atoms with Gasteiger partial charge in [-0.15, -0.1) is 0 Å². The molecule has 254 valence electrons. The van der Waals surface area contributed by atoms with Crippen LogP contribution in [0.5, 0.6) is 11.5 Å². The molecule has 5 aromatic rings. The molecule has 9 nitrogen and oxygen atoms in total. The minimum atomic E-state index is -0.917. The molecule has 0 N–H and O–H groups in total. The minimum Gasteiger partial charge on any atom is -0.493 e. The van der Waals surface area contributed by atoms with E-state index < -0.39 is 17.8 Å². The van der Waals surface area contributed by atoms with Crippen LogP contribution < -0.4 is 24.4 Å². The molecule has 6 rings (SSSR count). The molecule has 1 aliphatic rings. The number of carbonyl (C=O) groups excluding carboxylic acids is 2. The largest absolute Gasteiger partial charge is 0.493 e. The molecule has 1 atom stereocenters. The van der Waals surface area contributed by atoms with Crippen LogP contribution in [0.25, 0.3) is 11.8 Å². The Morgan fingerprint density at radius 1 is 0.880 bits per heavy atom. The second kappa shape index (κ2) is 15.2. The highest BCUT2D eigenvalue weighted by molar-refractivity contribution is 7.07. The summed E-state index contributed by atoms with van der Waals surface area (Å²) < 4.78 is 38.0. The van der Waals surface area contributed by atoms with Gasteiger partial charge in [-0.25, -0.2) is 19.0 Å². The average molecular weight is 693 g/mol. The Balaban J connectivity index is 1.38. The van der Waals surface area contributed by atoms with E-state index in [1.807, 2.05) is 30.3 Å². The van der Waals surface area contributed by atoms with Crippen molar-refractivity contribution in [2.45, 2.75) is 26.5 Å². The molecule has 1 aliphatic heterocycles. The molecule has 50 heavy (non-hydrogen) atoms. The summed E-state index contributed by atoms with van der Waals surface area (Å²) in [7, 11) is 1.53. The monoisotopic (exact) mass is 692 g/mol. The molecule has 0 unspecified atom stereocenters. The van der Waals surface area contributed by atoms with Gasteiger partial charge in [0.1, 0.15) is 12.4 Å². The fourth-order valence-corrected chi connectivity index (χ4v) is 6.56. The number of hydrogen-bond donors (Lipinski definition) is 0. The summed E-state index contributed by atoms with van der Waals surface area (Å²) >= 11 is 1.18. The summed E-state index contributed by atoms with van der Waals surface area (Å²) in [6.07, 6.45) is 1.72. The first-order valence-corrected chi connectivity index (χ1v) is 16.7. The molecule has 4 aromatic carbocycles. The van der Waals surface area contributed by atoms with Crippen LogP contribution in [0.1, 0.15) is 52.5 Å². The van der Waals surface area contributed by atoms with Gasteiger partial charge in [0.25, 0.3) is 5.56 Å². The highest BCUT2D eigenvalue weighted by Gasteiger charge is 2.35. The third-order valence-corrected chi connectivity index (χ3v) is 8.89. The van der Waals surface area contributed by atoms with E-state index in [0.29, 0.717) is 55.4 Å². The number of aromatic nitrogens is 1. The van der Waals surface area contributed by atoms with Gasteiger partial charge in [-0.2, -0.15) is 0 Å². The van der Waals surface area contributed by atoms with Crippen molar-refractivity contribution in [3.63, 3.8) is 0 Å². The van der Waals surface area contributed by atoms with Crippen molar-refractivity contribution in [2.24, 2.45) is 4.99 Å². The molecule has 1 aromatic heterocycles. The van der Waals surface area contributed by atoms with Crippen LogP contribution in [-0.4, -0.2) is 36.8 Å². The van der Waals surface area contributed by atoms with Gasteiger partial charge in [-0.05, 0) is 73.0 Å². The number of hydrogen-bond acceptors (Lipinski definition) is 9. The smallest absolute Gasteiger partial charge is 0.338 e. The Kier molecular flexibility index (Phi) is 10.3. The van der Waals surface area contributed by atoms with Crippen molar-refractivity contribution < 1.29 is 32.9 Å². The van der Waals surface area contributed by atoms with E-state index in [0.717, 1.165) is 5.56 Å². The number of rotatable bonds is 11. The van der Waals surface area contributed by atoms with Crippen LogP contribution in [0.15, 0.2) is 112 Å². The van der Waals surface area contributed by atoms with Crippen molar-refractivity contribution in [3.05, 3.63) is 156 Å². The standard InChI is InChI=1S/C39H33FN2O7S/c1-4-47-37(44)28-14-11-24(12-15-28)23-49-30-20-13-25(21-31(30)46-3)22-32-36(43)42-35(27-16-18-29(40)19-17-27)33(38(45)48-5-2)34(41-39(42)50-32)26-9-7-6-8-10-26/h6-22,35H,4-5,23H2,1-3H3/b32-22-/t35-/m0/s1. The van der Waals surface area contributed by atoms with Gasteiger partial charge in [0.15, 0.2) is 16.3 Å². The second-order valence-electron chi connectivity index (χ2n) is 11.1. The number of ether oxygens (including phenoxy) is 4. The van der Waals surface area contributed by atoms with Gasteiger partial charge in [0.05, 0.1) is 47.7 Å². The SMILES string of the molecule is CCOC(=O)C1=C(c2ccccc2)N=c2s/c(=C\c3ccc(OCc4ccc(C(=O)OCC)cc4)c(OC)c3)c(=O)n2[C@H]1c1ccc(F)cc1. The molecule has 11 heteroatoms. The van der Waals surface area contributed by atoms with Crippen molar-refractivity contribution in [2.75, 3.05) is 20.3 Å². The molecular formula is C39H33FN2O7S. The Morgan fingerprint density at radius 2 is 1.58 bits per heavy atom. The number of fused-ring (bicyclic) bond motifs is 1. The molecule has 0 saturated heterocycles. The third kappa shape index (κ3) is 7.13. The van der Waals surface area contributed by atoms with E-state index in [1.54, 1.807) is 74.5 Å². The zero-order chi connectivity index (χ0) is 35.2. The van der Waals surface area contributed by atoms with Crippen LogP contribution in [0.3, 0.4) is 0 Å². The maximum Gasteiger partial charge on any atom is 0.338 e. The maximum atomic E-state index is 14.2. The molecule has 0 bridgehead atoms. The molecule has 0 fully saturated rings. The Labute approximate surface area is 291 Å². The fraction of sp³-hybridized carbons (Fsp3) is 0.179. The lowest BCUT2D eigenvalue weighted by atomic mass is 9.93. The predicted molar refractivity (Wildman–Crippen MR) is 187 cm³/mol. The lowest BCUT2D eigenvalue weighted by Gasteiger charge is -2.25. The van der Waals surface area contributed by atoms with E-state index in [4.69, 9.17) is 23.9 Å². The van der Waals surface area contributed by atoms with Gasteiger partial charge in [0.2, 0.25) is 0 Å². The van der Waals surface area contributed by atoms with Crippen LogP contribution >= 0.6 is 11.3 Å². The Bertz CT molecular complexity index is 2240. The van der Waals surface area contributed by atoms with Crippen molar-refractivity contribution in [1.82, 2.24) is 4.57 Å². The highest BCUT2D eigenvalue weighted by Crippen LogP contribution is 2.35. The van der Waals surface area contributed by atoms with Crippen LogP contribution in [-0.2, 0) is 20.9 Å². The lowest BCUT2D eigenvalue weighted by Crippen LogP contribution is -2.40. The minimum absolute atomic E-state index is 0.119. The average Bonchev–Trinajstić information content (AvgIpc) is 3.45. The molecule has 2 heterocycles. The Hall–Kier alpha value is -5.81. The van der Waals surface area contributed by atoms with E-state index >= 15 is 0 Å². The van der Waals surface area contributed by atoms with Crippen molar-refractivity contribution in [3.8, 4) is 11.5 Å². The van der Waals surface area contributed by atoms with Crippen LogP contribution in [0.2, 0.25) is 0 Å². The summed E-state index contributed by atoms with van der Waals surface area (Å²) in [6, 6.07) is 26.3. The fourth-order valence-electron chi connectivity index (χ4n) is 5.56. The molecular weight excluding hydrogens is 660 g/mol. The summed E-state index contributed by atoms with van der Waals surface area (Å²) in [6.45, 7) is 4.11. The summed E-state index contributed by atoms with van der Waals surface area (Å²) in [5.41, 5.74) is 3.37. The van der Waals surface area contributed by atoms with Gasteiger partial charge in [-0.1, -0.05) is 72.0 Å². The van der Waals surface area contributed by atoms with E-state index in [2.05, 4.69) is 0 Å². The van der Waals surface area contributed by atoms with Gasteiger partial charge in [0, 0.05) is 5.56 Å². The third-order valence-electron chi connectivity index (χ3n) is 7.90. The first kappa shape index (κ1) is 34.1.